The lowest BCUT2D eigenvalue weighted by Crippen LogP contribution is -2.22. The summed E-state index contributed by atoms with van der Waals surface area (Å²) in [6.45, 7) is 6.10. The molecule has 1 aliphatic rings. The predicted molar refractivity (Wildman–Crippen MR) is 131 cm³/mol. The number of hydrogen-bond donors (Lipinski definition) is 0. The number of aryl methyl sites for hydroxylation is 1. The molecule has 3 rings (SSSR count). The van der Waals surface area contributed by atoms with Gasteiger partial charge in [0.1, 0.15) is 0 Å². The van der Waals surface area contributed by atoms with E-state index in [1.807, 2.05) is 12.3 Å². The van der Waals surface area contributed by atoms with Crippen LogP contribution in [0.1, 0.15) is 75.0 Å². The Morgan fingerprint density at radius 1 is 0.967 bits per heavy atom. The monoisotopic (exact) mass is 400 g/mol. The molecule has 2 aromatic carbocycles. The van der Waals surface area contributed by atoms with Gasteiger partial charge in [0.05, 0.1) is 11.9 Å². The highest BCUT2D eigenvalue weighted by molar-refractivity contribution is 6.02. The van der Waals surface area contributed by atoms with Crippen LogP contribution in [0.5, 0.6) is 0 Å². The summed E-state index contributed by atoms with van der Waals surface area (Å²) >= 11 is 0. The summed E-state index contributed by atoms with van der Waals surface area (Å²) in [5.74, 6) is 1.40. The van der Waals surface area contributed by atoms with Gasteiger partial charge < -0.3 is 0 Å². The molecule has 0 bridgehead atoms. The van der Waals surface area contributed by atoms with E-state index in [1.165, 1.54) is 56.1 Å². The minimum atomic E-state index is 0.519. The van der Waals surface area contributed by atoms with Gasteiger partial charge in [-0.05, 0) is 74.0 Å². The first-order valence-corrected chi connectivity index (χ1v) is 11.7. The molecule has 0 unspecified atom stereocenters. The van der Waals surface area contributed by atoms with Crippen LogP contribution in [0.15, 0.2) is 77.5 Å². The zero-order chi connectivity index (χ0) is 21.0. The topological polar surface area (TPSA) is 24.7 Å². The number of hydrogen-bond acceptors (Lipinski definition) is 2. The van der Waals surface area contributed by atoms with Gasteiger partial charge in [0.15, 0.2) is 0 Å². The van der Waals surface area contributed by atoms with Crippen molar-refractivity contribution < 1.29 is 0 Å². The van der Waals surface area contributed by atoms with Gasteiger partial charge in [0.25, 0.3) is 0 Å². The first-order valence-electron chi connectivity index (χ1n) is 11.7. The number of allylic oxidation sites excluding steroid dienone is 1. The lowest BCUT2D eigenvalue weighted by Gasteiger charge is -2.28. The molecule has 0 saturated heterocycles. The van der Waals surface area contributed by atoms with Gasteiger partial charge in [-0.25, -0.2) is 0 Å². The summed E-state index contributed by atoms with van der Waals surface area (Å²) in [5, 5.41) is 9.23. The van der Waals surface area contributed by atoms with Crippen molar-refractivity contribution in [2.75, 3.05) is 0 Å². The van der Waals surface area contributed by atoms with E-state index in [0.717, 1.165) is 30.0 Å². The van der Waals surface area contributed by atoms with Crippen molar-refractivity contribution in [3.8, 4) is 0 Å². The van der Waals surface area contributed by atoms with Crippen LogP contribution in [-0.4, -0.2) is 11.9 Å². The Balaban J connectivity index is 1.66. The molecule has 1 fully saturated rings. The second kappa shape index (κ2) is 12.3. The molecule has 0 aromatic heterocycles. The van der Waals surface area contributed by atoms with Crippen LogP contribution in [0.3, 0.4) is 0 Å². The van der Waals surface area contributed by atoms with E-state index in [1.54, 1.807) is 0 Å². The molecule has 0 aliphatic heterocycles. The minimum Gasteiger partial charge on any atom is -0.158 e. The fourth-order valence-electron chi connectivity index (χ4n) is 4.37. The largest absolute Gasteiger partial charge is 0.158 e. The summed E-state index contributed by atoms with van der Waals surface area (Å²) in [5.41, 5.74) is 4.86. The van der Waals surface area contributed by atoms with Crippen molar-refractivity contribution in [3.05, 3.63) is 83.9 Å². The molecule has 0 atom stereocenters. The van der Waals surface area contributed by atoms with Crippen LogP contribution in [0.2, 0.25) is 0 Å². The Bertz CT molecular complexity index is 809. The summed E-state index contributed by atoms with van der Waals surface area (Å²) < 4.78 is 0. The van der Waals surface area contributed by atoms with E-state index in [4.69, 9.17) is 5.10 Å². The fraction of sp³-hybridized carbons (Fsp3) is 0.429. The molecule has 158 valence electrons. The lowest BCUT2D eigenvalue weighted by atomic mass is 9.77. The summed E-state index contributed by atoms with van der Waals surface area (Å²) in [6.07, 6.45) is 14.9. The van der Waals surface area contributed by atoms with Crippen LogP contribution in [0.4, 0.5) is 0 Å². The Morgan fingerprint density at radius 2 is 1.70 bits per heavy atom. The molecule has 1 aliphatic carbocycles. The number of rotatable bonds is 10. The molecule has 0 amide bonds. The summed E-state index contributed by atoms with van der Waals surface area (Å²) in [4.78, 5) is 0. The maximum Gasteiger partial charge on any atom is 0.0733 e. The third kappa shape index (κ3) is 6.79. The third-order valence-corrected chi connectivity index (χ3v) is 6.36. The zero-order valence-electron chi connectivity index (χ0n) is 18.5. The zero-order valence-corrected chi connectivity index (χ0v) is 18.5. The van der Waals surface area contributed by atoms with Crippen molar-refractivity contribution in [2.24, 2.45) is 22.0 Å². The highest BCUT2D eigenvalue weighted by Crippen LogP contribution is 2.33. The predicted octanol–water partition coefficient (Wildman–Crippen LogP) is 7.63. The van der Waals surface area contributed by atoms with Crippen molar-refractivity contribution in [3.63, 3.8) is 0 Å². The van der Waals surface area contributed by atoms with E-state index in [0.29, 0.717) is 5.92 Å². The van der Waals surface area contributed by atoms with Gasteiger partial charge in [-0.15, -0.1) is 6.58 Å². The molecule has 0 N–H and O–H groups in total. The molecular weight excluding hydrogens is 364 g/mol. The SMILES string of the molecule is C=CCCCCc1ccc(C=NN=C(c2ccccc2)C2CCC(CC)CC2)cc1. The van der Waals surface area contributed by atoms with Gasteiger partial charge in [0.2, 0.25) is 0 Å². The van der Waals surface area contributed by atoms with E-state index < -0.39 is 0 Å². The second-order valence-corrected chi connectivity index (χ2v) is 8.50. The summed E-state index contributed by atoms with van der Waals surface area (Å²) in [7, 11) is 0. The first-order chi connectivity index (χ1) is 14.8. The van der Waals surface area contributed by atoms with Crippen LogP contribution >= 0.6 is 0 Å². The van der Waals surface area contributed by atoms with Gasteiger partial charge >= 0.3 is 0 Å². The molecule has 0 heterocycles. The minimum absolute atomic E-state index is 0.519. The number of unbranched alkanes of at least 4 members (excludes halogenated alkanes) is 2. The Labute approximate surface area is 182 Å². The molecule has 2 nitrogen and oxygen atoms in total. The van der Waals surface area contributed by atoms with Crippen molar-refractivity contribution in [2.45, 2.75) is 64.7 Å². The fourth-order valence-corrected chi connectivity index (χ4v) is 4.37. The average molecular weight is 401 g/mol. The molecule has 2 aromatic rings. The maximum absolute atomic E-state index is 4.73. The number of benzene rings is 2. The number of nitrogens with zero attached hydrogens (tertiary/aromatic N) is 2. The maximum atomic E-state index is 4.73. The Kier molecular flexibility index (Phi) is 9.08. The molecule has 1 saturated carbocycles. The van der Waals surface area contributed by atoms with Crippen molar-refractivity contribution in [1.29, 1.82) is 0 Å². The van der Waals surface area contributed by atoms with Gasteiger partial charge in [-0.1, -0.05) is 74.0 Å². The van der Waals surface area contributed by atoms with E-state index >= 15 is 0 Å². The Hall–Kier alpha value is -2.48. The van der Waals surface area contributed by atoms with Crippen LogP contribution in [-0.2, 0) is 6.42 Å². The van der Waals surface area contributed by atoms with Crippen LogP contribution < -0.4 is 0 Å². The lowest BCUT2D eigenvalue weighted by molar-refractivity contribution is 0.315. The quantitative estimate of drug-likeness (QED) is 0.169. The second-order valence-electron chi connectivity index (χ2n) is 8.50. The molecule has 2 heteroatoms. The van der Waals surface area contributed by atoms with Crippen LogP contribution in [0.25, 0.3) is 0 Å². The molecule has 0 radical (unpaired) electrons. The van der Waals surface area contributed by atoms with E-state index in [2.05, 4.69) is 73.2 Å². The Morgan fingerprint density at radius 3 is 2.37 bits per heavy atom. The van der Waals surface area contributed by atoms with Gasteiger partial charge in [-0.2, -0.15) is 10.2 Å². The highest BCUT2D eigenvalue weighted by Gasteiger charge is 2.25. The van der Waals surface area contributed by atoms with E-state index in [-0.39, 0.29) is 0 Å². The summed E-state index contributed by atoms with van der Waals surface area (Å²) in [6, 6.07) is 19.3. The van der Waals surface area contributed by atoms with Crippen LogP contribution in [0, 0.1) is 11.8 Å². The highest BCUT2D eigenvalue weighted by atomic mass is 15.2. The standard InChI is InChI=1S/C28H36N2/c1-3-5-6-8-11-24-14-16-25(17-15-24)22-29-30-28(26-12-9-7-10-13-26)27-20-18-23(4-2)19-21-27/h3,7,9-10,12-17,22-23,27H,1,4-6,8,11,18-21H2,2H3. The van der Waals surface area contributed by atoms with E-state index in [9.17, 15) is 0 Å². The smallest absolute Gasteiger partial charge is 0.0733 e. The van der Waals surface area contributed by atoms with Crippen molar-refractivity contribution in [1.82, 2.24) is 0 Å². The van der Waals surface area contributed by atoms with Gasteiger partial charge in [-0.3, -0.25) is 0 Å². The first kappa shape index (κ1) is 22.2. The third-order valence-electron chi connectivity index (χ3n) is 6.36. The van der Waals surface area contributed by atoms with Gasteiger partial charge in [0, 0.05) is 5.92 Å². The molecular formula is C28H36N2. The average Bonchev–Trinajstić information content (AvgIpc) is 2.81. The molecule has 30 heavy (non-hydrogen) atoms. The molecule has 0 spiro atoms. The van der Waals surface area contributed by atoms with Crippen molar-refractivity contribution >= 4 is 11.9 Å². The normalized spacial score (nSPS) is 19.8.